The van der Waals surface area contributed by atoms with Crippen LogP contribution in [0.5, 0.6) is 34.5 Å². The molecule has 0 saturated heterocycles. The second-order valence-corrected chi connectivity index (χ2v) is 12.3. The normalized spacial score (nSPS) is 11.2. The van der Waals surface area contributed by atoms with Crippen LogP contribution in [0.25, 0.3) is 0 Å². The minimum Gasteiger partial charge on any atom is -0.504 e. The highest BCUT2D eigenvalue weighted by Crippen LogP contribution is 2.51. The third-order valence-electron chi connectivity index (χ3n) is 4.85. The van der Waals surface area contributed by atoms with Crippen LogP contribution in [0.1, 0.15) is 22.3 Å². The van der Waals surface area contributed by atoms with E-state index >= 15 is 0 Å². The fourth-order valence-corrected chi connectivity index (χ4v) is 6.90. The van der Waals surface area contributed by atoms with Gasteiger partial charge < -0.3 is 30.6 Å². The van der Waals surface area contributed by atoms with E-state index in [9.17, 15) is 30.6 Å². The molecule has 6 nitrogen and oxygen atoms in total. The first-order valence-corrected chi connectivity index (χ1v) is 14.2. The standard InChI is InChI=1S/C20H11Br7O6/c21-9-4(2-8(28)16(29)14(9)26)1-5-6(12(24)18(31)17(30)11(5)23)3-7-10(22)15(27)20(33)19(32)13(7)25/h2,28-33H,1,3H2. The Balaban J connectivity index is 2.28. The summed E-state index contributed by atoms with van der Waals surface area (Å²) in [7, 11) is 0. The highest BCUT2D eigenvalue weighted by Gasteiger charge is 2.26. The molecule has 3 aromatic rings. The molecule has 0 spiro atoms. The summed E-state index contributed by atoms with van der Waals surface area (Å²) in [5, 5.41) is 61.4. The van der Waals surface area contributed by atoms with Gasteiger partial charge in [0.1, 0.15) is 0 Å². The molecule has 0 bridgehead atoms. The lowest BCUT2D eigenvalue weighted by Crippen LogP contribution is -2.03. The van der Waals surface area contributed by atoms with Crippen LogP contribution < -0.4 is 0 Å². The molecule has 0 heterocycles. The average molecular weight is 907 g/mol. The summed E-state index contributed by atoms with van der Waals surface area (Å²) >= 11 is 23.3. The first-order valence-electron chi connectivity index (χ1n) is 8.66. The van der Waals surface area contributed by atoms with Crippen molar-refractivity contribution in [3.63, 3.8) is 0 Å². The molecule has 33 heavy (non-hydrogen) atoms. The van der Waals surface area contributed by atoms with Gasteiger partial charge in [0.15, 0.2) is 34.5 Å². The maximum Gasteiger partial charge on any atom is 0.174 e. The molecule has 3 aromatic carbocycles. The van der Waals surface area contributed by atoms with E-state index in [1.165, 1.54) is 6.07 Å². The zero-order chi connectivity index (χ0) is 24.9. The minimum atomic E-state index is -0.385. The molecule has 0 saturated carbocycles. The van der Waals surface area contributed by atoms with Gasteiger partial charge in [0.25, 0.3) is 0 Å². The molecule has 0 fully saturated rings. The zero-order valence-electron chi connectivity index (χ0n) is 15.8. The van der Waals surface area contributed by atoms with Gasteiger partial charge in [0, 0.05) is 21.8 Å². The third kappa shape index (κ3) is 4.92. The number of phenolic OH excluding ortho intramolecular Hbond substituents is 6. The summed E-state index contributed by atoms with van der Waals surface area (Å²) in [5.41, 5.74) is 2.22. The van der Waals surface area contributed by atoms with Crippen LogP contribution in [-0.2, 0) is 12.8 Å². The minimum absolute atomic E-state index is 0.138. The number of hydrogen-bond acceptors (Lipinski definition) is 6. The monoisotopic (exact) mass is 899 g/mol. The van der Waals surface area contributed by atoms with Crippen molar-refractivity contribution < 1.29 is 30.6 Å². The molecule has 0 radical (unpaired) electrons. The Morgan fingerprint density at radius 2 is 0.818 bits per heavy atom. The van der Waals surface area contributed by atoms with Gasteiger partial charge in [-0.15, -0.1) is 0 Å². The van der Waals surface area contributed by atoms with Crippen molar-refractivity contribution in [2.45, 2.75) is 12.8 Å². The van der Waals surface area contributed by atoms with Gasteiger partial charge in [-0.3, -0.25) is 0 Å². The van der Waals surface area contributed by atoms with E-state index in [-0.39, 0.29) is 69.7 Å². The molecule has 0 aliphatic carbocycles. The quantitative estimate of drug-likeness (QED) is 0.116. The van der Waals surface area contributed by atoms with Crippen molar-refractivity contribution in [3.05, 3.63) is 59.6 Å². The maximum atomic E-state index is 10.5. The van der Waals surface area contributed by atoms with Crippen LogP contribution in [-0.4, -0.2) is 30.6 Å². The summed E-state index contributed by atoms with van der Waals surface area (Å²) in [4.78, 5) is 0. The van der Waals surface area contributed by atoms with Crippen LogP contribution in [0.4, 0.5) is 0 Å². The predicted octanol–water partition coefficient (Wildman–Crippen LogP) is 8.44. The smallest absolute Gasteiger partial charge is 0.174 e. The van der Waals surface area contributed by atoms with Crippen molar-refractivity contribution in [2.24, 2.45) is 0 Å². The molecule has 0 atom stereocenters. The van der Waals surface area contributed by atoms with Crippen molar-refractivity contribution in [1.29, 1.82) is 0 Å². The Kier molecular flexibility index (Phi) is 8.67. The van der Waals surface area contributed by atoms with E-state index in [0.717, 1.165) is 0 Å². The van der Waals surface area contributed by atoms with Crippen molar-refractivity contribution in [2.75, 3.05) is 0 Å². The van der Waals surface area contributed by atoms with Crippen molar-refractivity contribution in [3.8, 4) is 34.5 Å². The number of halogens is 7. The molecular weight excluding hydrogens is 896 g/mol. The topological polar surface area (TPSA) is 121 Å². The molecule has 13 heteroatoms. The molecule has 6 N–H and O–H groups in total. The Hall–Kier alpha value is -0.180. The number of hydrogen-bond donors (Lipinski definition) is 6. The van der Waals surface area contributed by atoms with Crippen molar-refractivity contribution in [1.82, 2.24) is 0 Å². The molecule has 176 valence electrons. The molecule has 0 amide bonds. The molecule has 0 unspecified atom stereocenters. The lowest BCUT2D eigenvalue weighted by molar-refractivity contribution is 0.397. The number of phenols is 6. The van der Waals surface area contributed by atoms with Gasteiger partial charge in [0.2, 0.25) is 0 Å². The van der Waals surface area contributed by atoms with E-state index in [4.69, 9.17) is 0 Å². The Morgan fingerprint density at radius 3 is 1.33 bits per heavy atom. The number of benzene rings is 3. The molecular formula is C20H11Br7O6. The van der Waals surface area contributed by atoms with Crippen LogP contribution in [0.3, 0.4) is 0 Å². The maximum absolute atomic E-state index is 10.5. The summed E-state index contributed by atoms with van der Waals surface area (Å²) < 4.78 is 2.15. The van der Waals surface area contributed by atoms with Gasteiger partial charge in [-0.2, -0.15) is 0 Å². The Morgan fingerprint density at radius 1 is 0.424 bits per heavy atom. The molecule has 0 aliphatic heterocycles. The predicted molar refractivity (Wildman–Crippen MR) is 149 cm³/mol. The number of aromatic hydroxyl groups is 6. The Labute approximate surface area is 246 Å². The SMILES string of the molecule is Oc1cc(Cc2c(Br)c(O)c(O)c(Br)c2Cc2c(Br)c(O)c(O)c(Br)c2Br)c(Br)c(Br)c1O. The average Bonchev–Trinajstić information content (AvgIpc) is 2.79. The second-order valence-electron chi connectivity index (χ2n) is 6.78. The zero-order valence-corrected chi connectivity index (χ0v) is 26.9. The van der Waals surface area contributed by atoms with Crippen LogP contribution in [0.15, 0.2) is 37.4 Å². The van der Waals surface area contributed by atoms with E-state index < -0.39 is 0 Å². The van der Waals surface area contributed by atoms with E-state index in [1.54, 1.807) is 0 Å². The second kappa shape index (κ2) is 10.4. The van der Waals surface area contributed by atoms with Gasteiger partial charge in [-0.1, -0.05) is 0 Å². The summed E-state index contributed by atoms with van der Waals surface area (Å²) in [6.07, 6.45) is 0.300. The lowest BCUT2D eigenvalue weighted by atomic mass is 9.94. The first kappa shape index (κ1) is 27.4. The van der Waals surface area contributed by atoms with Gasteiger partial charge >= 0.3 is 0 Å². The fraction of sp³-hybridized carbons (Fsp3) is 0.100. The fourth-order valence-electron chi connectivity index (χ4n) is 3.12. The third-order valence-corrected chi connectivity index (χ3v) is 11.8. The van der Waals surface area contributed by atoms with Crippen molar-refractivity contribution >= 4 is 112 Å². The molecule has 0 aromatic heterocycles. The highest BCUT2D eigenvalue weighted by molar-refractivity contribution is 9.13. The summed E-state index contributed by atoms with van der Waals surface area (Å²) in [5.74, 6) is -2.14. The van der Waals surface area contributed by atoms with E-state index in [0.29, 0.717) is 31.2 Å². The van der Waals surface area contributed by atoms with E-state index in [1.807, 2.05) is 0 Å². The Bertz CT molecular complexity index is 1280. The van der Waals surface area contributed by atoms with Crippen LogP contribution >= 0.6 is 112 Å². The largest absolute Gasteiger partial charge is 0.504 e. The molecule has 3 rings (SSSR count). The van der Waals surface area contributed by atoms with E-state index in [2.05, 4.69) is 112 Å². The van der Waals surface area contributed by atoms with Gasteiger partial charge in [-0.05, 0) is 140 Å². The molecule has 0 aliphatic rings. The van der Waals surface area contributed by atoms with Crippen LogP contribution in [0.2, 0.25) is 0 Å². The summed E-state index contributed by atoms with van der Waals surface area (Å²) in [6.45, 7) is 0. The first-order chi connectivity index (χ1) is 15.3. The lowest BCUT2D eigenvalue weighted by Gasteiger charge is -2.20. The summed E-state index contributed by atoms with van der Waals surface area (Å²) in [6, 6.07) is 1.38. The van der Waals surface area contributed by atoms with Crippen LogP contribution in [0, 0.1) is 0 Å². The number of rotatable bonds is 4. The van der Waals surface area contributed by atoms with Gasteiger partial charge in [-0.25, -0.2) is 0 Å². The van der Waals surface area contributed by atoms with Gasteiger partial charge in [0.05, 0.1) is 22.4 Å². The highest BCUT2D eigenvalue weighted by atomic mass is 79.9.